The van der Waals surface area contributed by atoms with Crippen LogP contribution >= 0.6 is 0 Å². The summed E-state index contributed by atoms with van der Waals surface area (Å²) in [6, 6.07) is 0. The third-order valence-corrected chi connectivity index (χ3v) is 3.85. The maximum atomic E-state index is 10.5. The normalized spacial score (nSPS) is 18.6. The van der Waals surface area contributed by atoms with Gasteiger partial charge in [-0.05, 0) is 6.42 Å². The van der Waals surface area contributed by atoms with Crippen LogP contribution in [-0.4, -0.2) is 22.1 Å². The van der Waals surface area contributed by atoms with Crippen molar-refractivity contribution in [2.45, 2.75) is 37.2 Å². The number of hydrogen-bond acceptors (Lipinski definition) is 2. The highest BCUT2D eigenvalue weighted by molar-refractivity contribution is 7.97. The lowest BCUT2D eigenvalue weighted by atomic mass is 10.2. The second-order valence-corrected chi connectivity index (χ2v) is 5.02. The molecule has 0 saturated heterocycles. The Balaban J connectivity index is 3.80. The smallest absolute Gasteiger partial charge is 0.171 e. The van der Waals surface area contributed by atoms with E-state index in [4.69, 9.17) is 9.11 Å². The molecule has 4 nitrogen and oxygen atoms in total. The van der Waals surface area contributed by atoms with E-state index in [2.05, 4.69) is 0 Å². The van der Waals surface area contributed by atoms with Crippen molar-refractivity contribution in [1.29, 1.82) is 0 Å². The molecule has 0 spiro atoms. The fourth-order valence-corrected chi connectivity index (χ4v) is 2.13. The molecule has 0 bridgehead atoms. The minimum atomic E-state index is -2.19. The molecule has 0 rings (SSSR count). The largest absolute Gasteiger partial charge is 0.305 e. The average molecular weight is 214 g/mol. The molecule has 2 unspecified atom stereocenters. The van der Waals surface area contributed by atoms with Gasteiger partial charge in [-0.1, -0.05) is 26.2 Å². The Morgan fingerprint density at radius 3 is 2.00 bits per heavy atom. The van der Waals surface area contributed by atoms with Crippen molar-refractivity contribution in [3.8, 4) is 0 Å². The van der Waals surface area contributed by atoms with Crippen LogP contribution < -0.4 is 0 Å². The molecule has 0 aliphatic rings. The lowest BCUT2D eigenvalue weighted by molar-refractivity contribution is 0.528. The van der Waals surface area contributed by atoms with Gasteiger partial charge in [0.1, 0.15) is 0 Å². The fourth-order valence-electron chi connectivity index (χ4n) is 0.833. The molecule has 2 atom stereocenters. The molecule has 0 heterocycles. The lowest BCUT2D eigenvalue weighted by Gasteiger charge is -2.06. The van der Waals surface area contributed by atoms with Crippen molar-refractivity contribution in [1.82, 2.24) is 0 Å². The highest BCUT2D eigenvalue weighted by Crippen LogP contribution is 2.10. The molecule has 0 aliphatic carbocycles. The molecule has 0 aliphatic heterocycles. The molecule has 12 heavy (non-hydrogen) atoms. The number of rotatable bonds is 6. The Kier molecular flexibility index (Phi) is 6.83. The fraction of sp³-hybridized carbons (Fsp3) is 1.00. The van der Waals surface area contributed by atoms with Gasteiger partial charge in [0.05, 0.1) is 0 Å². The highest BCUT2D eigenvalue weighted by Gasteiger charge is 2.20. The predicted octanol–water partition coefficient (Wildman–Crippen LogP) is 1.34. The van der Waals surface area contributed by atoms with Gasteiger partial charge in [-0.15, -0.1) is 0 Å². The molecule has 0 amide bonds. The van der Waals surface area contributed by atoms with Gasteiger partial charge in [-0.25, -0.2) is 8.42 Å². The van der Waals surface area contributed by atoms with Crippen molar-refractivity contribution in [2.75, 3.05) is 0 Å². The van der Waals surface area contributed by atoms with Crippen molar-refractivity contribution in [2.24, 2.45) is 0 Å². The van der Waals surface area contributed by atoms with Crippen LogP contribution in [0.3, 0.4) is 0 Å². The summed E-state index contributed by atoms with van der Waals surface area (Å²) in [4.78, 5) is 0. The maximum absolute atomic E-state index is 10.5. The maximum Gasteiger partial charge on any atom is 0.171 e. The van der Waals surface area contributed by atoms with E-state index in [0.717, 1.165) is 19.3 Å². The minimum absolute atomic E-state index is 0.333. The van der Waals surface area contributed by atoms with E-state index in [1.54, 1.807) is 0 Å². The predicted molar refractivity (Wildman–Crippen MR) is 49.5 cm³/mol. The molecule has 0 saturated carbocycles. The summed E-state index contributed by atoms with van der Waals surface area (Å²) in [5.74, 6) is 0. The molecule has 0 radical (unpaired) electrons. The summed E-state index contributed by atoms with van der Waals surface area (Å²) in [6.07, 6.45) is 2.97. The third kappa shape index (κ3) is 4.97. The monoisotopic (exact) mass is 214 g/mol. The molecule has 6 heteroatoms. The number of unbranched alkanes of at least 4 members (excludes halogenated alkanes) is 2. The quantitative estimate of drug-likeness (QED) is 0.517. The Hall–Kier alpha value is 0.220. The van der Waals surface area contributed by atoms with Gasteiger partial charge >= 0.3 is 0 Å². The Bertz CT molecular complexity index is 157. The van der Waals surface area contributed by atoms with Gasteiger partial charge in [-0.2, -0.15) is 0 Å². The van der Waals surface area contributed by atoms with Crippen molar-refractivity contribution < 1.29 is 17.5 Å². The first kappa shape index (κ1) is 12.2. The first-order valence-corrected chi connectivity index (χ1v) is 6.13. The minimum Gasteiger partial charge on any atom is -0.305 e. The van der Waals surface area contributed by atoms with Gasteiger partial charge in [0.2, 0.25) is 0 Å². The number of hydrogen-bond donors (Lipinski definition) is 2. The molecule has 0 aromatic carbocycles. The van der Waals surface area contributed by atoms with E-state index in [1.165, 1.54) is 0 Å². The summed E-state index contributed by atoms with van der Waals surface area (Å²) in [5, 5.41) is 0. The van der Waals surface area contributed by atoms with Gasteiger partial charge in [0.15, 0.2) is 26.7 Å². The van der Waals surface area contributed by atoms with E-state index in [0.29, 0.717) is 6.42 Å². The van der Waals surface area contributed by atoms with E-state index in [9.17, 15) is 8.42 Å². The Labute approximate surface area is 77.3 Å². The Morgan fingerprint density at radius 1 is 1.17 bits per heavy atom. The average Bonchev–Trinajstić information content (AvgIpc) is 1.96. The molecule has 74 valence electrons. The molecule has 2 N–H and O–H groups in total. The zero-order chi connectivity index (χ0) is 9.56. The topological polar surface area (TPSA) is 74.6 Å². The molecule has 0 aromatic heterocycles. The SMILES string of the molecule is CCCCCC(S(=O)O)S(=O)O. The molecular formula is C6H14O4S2. The van der Waals surface area contributed by atoms with E-state index in [1.807, 2.05) is 6.92 Å². The van der Waals surface area contributed by atoms with Crippen molar-refractivity contribution in [3.05, 3.63) is 0 Å². The van der Waals surface area contributed by atoms with Gasteiger partial charge in [0.25, 0.3) is 0 Å². The summed E-state index contributed by atoms with van der Waals surface area (Å²) in [7, 11) is 0. The van der Waals surface area contributed by atoms with Crippen LogP contribution in [-0.2, 0) is 22.2 Å². The highest BCUT2D eigenvalue weighted by atomic mass is 32.3. The van der Waals surface area contributed by atoms with E-state index < -0.39 is 26.7 Å². The third-order valence-electron chi connectivity index (χ3n) is 1.49. The van der Waals surface area contributed by atoms with Crippen LogP contribution in [0.2, 0.25) is 0 Å². The molecule has 0 aromatic rings. The first-order chi connectivity index (χ1) is 5.59. The Morgan fingerprint density at radius 2 is 1.67 bits per heavy atom. The van der Waals surface area contributed by atoms with Crippen LogP contribution in [0, 0.1) is 0 Å². The van der Waals surface area contributed by atoms with Crippen LogP contribution in [0.15, 0.2) is 0 Å². The van der Waals surface area contributed by atoms with Crippen LogP contribution in [0.4, 0.5) is 0 Å². The van der Waals surface area contributed by atoms with Crippen LogP contribution in [0.5, 0.6) is 0 Å². The summed E-state index contributed by atoms with van der Waals surface area (Å²) in [6.45, 7) is 2.00. The van der Waals surface area contributed by atoms with Crippen LogP contribution in [0.1, 0.15) is 32.6 Å². The second kappa shape index (κ2) is 6.71. The van der Waals surface area contributed by atoms with E-state index in [-0.39, 0.29) is 0 Å². The molecule has 0 fully saturated rings. The summed E-state index contributed by atoms with van der Waals surface area (Å²) >= 11 is -4.37. The first-order valence-electron chi connectivity index (χ1n) is 3.79. The lowest BCUT2D eigenvalue weighted by Crippen LogP contribution is -2.19. The van der Waals surface area contributed by atoms with Crippen LogP contribution in [0.25, 0.3) is 0 Å². The zero-order valence-electron chi connectivity index (χ0n) is 6.93. The second-order valence-electron chi connectivity index (χ2n) is 2.48. The molecular weight excluding hydrogens is 200 g/mol. The van der Waals surface area contributed by atoms with Gasteiger partial charge < -0.3 is 9.11 Å². The zero-order valence-corrected chi connectivity index (χ0v) is 8.57. The van der Waals surface area contributed by atoms with Gasteiger partial charge in [0, 0.05) is 0 Å². The summed E-state index contributed by atoms with van der Waals surface area (Å²) < 4.78 is 37.2. The van der Waals surface area contributed by atoms with Crippen molar-refractivity contribution >= 4 is 22.2 Å². The van der Waals surface area contributed by atoms with Gasteiger partial charge in [-0.3, -0.25) is 0 Å². The summed E-state index contributed by atoms with van der Waals surface area (Å²) in [5.41, 5.74) is 0. The van der Waals surface area contributed by atoms with Crippen molar-refractivity contribution in [3.63, 3.8) is 0 Å². The van der Waals surface area contributed by atoms with E-state index >= 15 is 0 Å². The standard InChI is InChI=1S/C6H14O4S2/c1-2-3-4-5-6(11(7)8)12(9)10/h6H,2-5H2,1H3,(H,7,8)(H,9,10).